The number of oxime groups is 1. The molecule has 0 amide bonds. The van der Waals surface area contributed by atoms with Crippen LogP contribution in [0.4, 0.5) is 0 Å². The van der Waals surface area contributed by atoms with Crippen molar-refractivity contribution in [2.75, 3.05) is 6.61 Å². The molecule has 0 unspecified atom stereocenters. The summed E-state index contributed by atoms with van der Waals surface area (Å²) < 4.78 is 0. The molecule has 0 aliphatic carbocycles. The zero-order valence-corrected chi connectivity index (χ0v) is 7.06. The number of hydrogen-bond donors (Lipinski definition) is 0. The highest BCUT2D eigenvalue weighted by molar-refractivity contribution is 5.78. The lowest BCUT2D eigenvalue weighted by Gasteiger charge is -1.89. The van der Waals surface area contributed by atoms with Crippen molar-refractivity contribution >= 4 is 5.71 Å². The largest absolute Gasteiger partial charge is 0.396 e. The number of nitrogens with zero attached hydrogens (tertiary/aromatic N) is 1. The van der Waals surface area contributed by atoms with Crippen molar-refractivity contribution in [2.24, 2.45) is 5.16 Å². The second-order valence-corrected chi connectivity index (χ2v) is 1.46. The molecule has 0 spiro atoms. The van der Waals surface area contributed by atoms with Gasteiger partial charge in [0.25, 0.3) is 0 Å². The van der Waals surface area contributed by atoms with Crippen molar-refractivity contribution in [2.45, 2.75) is 34.6 Å². The zero-order valence-electron chi connectivity index (χ0n) is 7.06. The van der Waals surface area contributed by atoms with Gasteiger partial charge in [0.05, 0.1) is 5.71 Å². The van der Waals surface area contributed by atoms with Crippen LogP contribution in [0.5, 0.6) is 0 Å². The molecule has 0 saturated heterocycles. The van der Waals surface area contributed by atoms with E-state index in [4.69, 9.17) is 0 Å². The zero-order chi connectivity index (χ0) is 7.70. The molecule has 0 radical (unpaired) electrons. The first kappa shape index (κ1) is 11.3. The molecule has 0 aromatic rings. The van der Waals surface area contributed by atoms with E-state index >= 15 is 0 Å². The van der Waals surface area contributed by atoms with E-state index in [1.807, 2.05) is 34.6 Å². The summed E-state index contributed by atoms with van der Waals surface area (Å²) in [7, 11) is 0. The van der Waals surface area contributed by atoms with Gasteiger partial charge in [-0.2, -0.15) is 0 Å². The van der Waals surface area contributed by atoms with Gasteiger partial charge in [-0.3, -0.25) is 0 Å². The van der Waals surface area contributed by atoms with E-state index < -0.39 is 0 Å². The van der Waals surface area contributed by atoms with Crippen molar-refractivity contribution in [1.29, 1.82) is 0 Å². The molecule has 56 valence electrons. The van der Waals surface area contributed by atoms with E-state index in [0.29, 0.717) is 6.61 Å². The smallest absolute Gasteiger partial charge is 0.114 e. The lowest BCUT2D eigenvalue weighted by atomic mass is 10.5. The molecule has 0 saturated carbocycles. The molecule has 0 atom stereocenters. The van der Waals surface area contributed by atoms with E-state index in [-0.39, 0.29) is 0 Å². The highest BCUT2D eigenvalue weighted by Crippen LogP contribution is 1.76. The Bertz CT molecular complexity index is 65.3. The average Bonchev–Trinajstić information content (AvgIpc) is 1.88. The van der Waals surface area contributed by atoms with E-state index in [2.05, 4.69) is 9.99 Å². The van der Waals surface area contributed by atoms with Crippen LogP contribution in [0, 0.1) is 0 Å². The van der Waals surface area contributed by atoms with E-state index in [1.54, 1.807) is 0 Å². The molecule has 0 aromatic carbocycles. The Morgan fingerprint density at radius 2 is 1.78 bits per heavy atom. The Hall–Kier alpha value is -0.530. The van der Waals surface area contributed by atoms with Crippen LogP contribution in [0.2, 0.25) is 0 Å². The van der Waals surface area contributed by atoms with Crippen LogP contribution in [0.3, 0.4) is 0 Å². The van der Waals surface area contributed by atoms with Gasteiger partial charge in [0, 0.05) is 0 Å². The lowest BCUT2D eigenvalue weighted by molar-refractivity contribution is 0.158. The molecular weight excluding hydrogens is 114 g/mol. The second-order valence-electron chi connectivity index (χ2n) is 1.46. The fourth-order valence-electron chi connectivity index (χ4n) is 0.194. The van der Waals surface area contributed by atoms with Gasteiger partial charge in [0.2, 0.25) is 0 Å². The van der Waals surface area contributed by atoms with Gasteiger partial charge in [-0.15, -0.1) is 0 Å². The molecule has 2 heteroatoms. The maximum absolute atomic E-state index is 4.68. The Morgan fingerprint density at radius 1 is 1.33 bits per heavy atom. The fourth-order valence-corrected chi connectivity index (χ4v) is 0.194. The standard InChI is InChI=1S/C5H11NO.C2H6/c1-4-7-6-5(2)3;1-2/h4H2,1-3H3;1-2H3. The summed E-state index contributed by atoms with van der Waals surface area (Å²) in [6.07, 6.45) is 0. The maximum atomic E-state index is 4.68. The third kappa shape index (κ3) is 18.6. The summed E-state index contributed by atoms with van der Waals surface area (Å²) in [5.41, 5.74) is 0.960. The lowest BCUT2D eigenvalue weighted by Crippen LogP contribution is -1.84. The van der Waals surface area contributed by atoms with Crippen LogP contribution >= 0.6 is 0 Å². The predicted molar refractivity (Wildman–Crippen MR) is 41.8 cm³/mol. The molecule has 0 aliphatic heterocycles. The van der Waals surface area contributed by atoms with Gasteiger partial charge in [-0.05, 0) is 20.8 Å². The minimum absolute atomic E-state index is 0.658. The molecule has 0 aliphatic rings. The summed E-state index contributed by atoms with van der Waals surface area (Å²) in [6, 6.07) is 0. The van der Waals surface area contributed by atoms with E-state index in [9.17, 15) is 0 Å². The normalized spacial score (nSPS) is 6.78. The number of hydrogen-bond acceptors (Lipinski definition) is 2. The van der Waals surface area contributed by atoms with Crippen LogP contribution in [-0.2, 0) is 4.84 Å². The summed E-state index contributed by atoms with van der Waals surface area (Å²) in [4.78, 5) is 4.68. The van der Waals surface area contributed by atoms with Gasteiger partial charge < -0.3 is 4.84 Å². The quantitative estimate of drug-likeness (QED) is 0.416. The molecular formula is C7H17NO. The van der Waals surface area contributed by atoms with Crippen molar-refractivity contribution in [3.8, 4) is 0 Å². The average molecular weight is 131 g/mol. The summed E-state index contributed by atoms with van der Waals surface area (Å²) in [6.45, 7) is 10.4. The van der Waals surface area contributed by atoms with Crippen molar-refractivity contribution in [3.05, 3.63) is 0 Å². The van der Waals surface area contributed by atoms with Crippen LogP contribution < -0.4 is 0 Å². The highest BCUT2D eigenvalue weighted by atomic mass is 16.6. The maximum Gasteiger partial charge on any atom is 0.114 e. The van der Waals surface area contributed by atoms with Gasteiger partial charge >= 0.3 is 0 Å². The Kier molecular flexibility index (Phi) is 13.1. The monoisotopic (exact) mass is 131 g/mol. The molecule has 0 bridgehead atoms. The topological polar surface area (TPSA) is 21.6 Å². The van der Waals surface area contributed by atoms with Crippen molar-refractivity contribution in [1.82, 2.24) is 0 Å². The molecule has 0 N–H and O–H groups in total. The predicted octanol–water partition coefficient (Wildman–Crippen LogP) is 2.44. The molecule has 0 fully saturated rings. The van der Waals surface area contributed by atoms with Crippen LogP contribution in [0.15, 0.2) is 5.16 Å². The molecule has 0 aromatic heterocycles. The summed E-state index contributed by atoms with van der Waals surface area (Å²) >= 11 is 0. The third-order valence-electron chi connectivity index (χ3n) is 0.376. The van der Waals surface area contributed by atoms with Crippen LogP contribution in [-0.4, -0.2) is 12.3 Å². The molecule has 2 nitrogen and oxygen atoms in total. The Balaban J connectivity index is 0. The van der Waals surface area contributed by atoms with Crippen LogP contribution in [0.1, 0.15) is 34.6 Å². The van der Waals surface area contributed by atoms with E-state index in [1.165, 1.54) is 0 Å². The molecule has 0 heterocycles. The minimum atomic E-state index is 0.658. The summed E-state index contributed by atoms with van der Waals surface area (Å²) in [5.74, 6) is 0. The SMILES string of the molecule is CC.CCON=C(C)C. The summed E-state index contributed by atoms with van der Waals surface area (Å²) in [5, 5.41) is 3.66. The van der Waals surface area contributed by atoms with Crippen molar-refractivity contribution < 1.29 is 4.84 Å². The van der Waals surface area contributed by atoms with Gasteiger partial charge in [0.15, 0.2) is 0 Å². The molecule has 9 heavy (non-hydrogen) atoms. The third-order valence-corrected chi connectivity index (χ3v) is 0.376. The minimum Gasteiger partial charge on any atom is -0.396 e. The molecule has 0 rings (SSSR count). The van der Waals surface area contributed by atoms with E-state index in [0.717, 1.165) is 5.71 Å². The first-order valence-corrected chi connectivity index (χ1v) is 3.40. The highest BCUT2D eigenvalue weighted by Gasteiger charge is 1.73. The van der Waals surface area contributed by atoms with Gasteiger partial charge in [-0.25, -0.2) is 0 Å². The second kappa shape index (κ2) is 10.5. The fraction of sp³-hybridized carbons (Fsp3) is 0.857. The Labute approximate surface area is 57.9 Å². The first-order chi connectivity index (χ1) is 4.27. The number of rotatable bonds is 2. The van der Waals surface area contributed by atoms with Gasteiger partial charge in [-0.1, -0.05) is 19.0 Å². The Morgan fingerprint density at radius 3 is 1.89 bits per heavy atom. The van der Waals surface area contributed by atoms with Crippen molar-refractivity contribution in [3.63, 3.8) is 0 Å². The van der Waals surface area contributed by atoms with Crippen LogP contribution in [0.25, 0.3) is 0 Å². The van der Waals surface area contributed by atoms with Gasteiger partial charge in [0.1, 0.15) is 6.61 Å². The first-order valence-electron chi connectivity index (χ1n) is 3.40.